The molecule has 0 bridgehead atoms. The second kappa shape index (κ2) is 8.85. The average molecular weight is 413 g/mol. The van der Waals surface area contributed by atoms with Gasteiger partial charge in [-0.3, -0.25) is 4.79 Å². The molecular formula is C17H17ClN2O6S. The second-order valence-corrected chi connectivity index (χ2v) is 7.53. The molecule has 0 aliphatic carbocycles. The summed E-state index contributed by atoms with van der Waals surface area (Å²) >= 11 is 5.88. The summed E-state index contributed by atoms with van der Waals surface area (Å²) in [6.07, 6.45) is 0. The van der Waals surface area contributed by atoms with Gasteiger partial charge in [-0.15, -0.1) is 0 Å². The summed E-state index contributed by atoms with van der Waals surface area (Å²) in [5.74, 6) is -1.05. The number of carbonyl (C=O) groups excluding carboxylic acids is 2. The van der Waals surface area contributed by atoms with Crippen LogP contribution in [0.5, 0.6) is 5.75 Å². The van der Waals surface area contributed by atoms with Crippen LogP contribution < -0.4 is 14.8 Å². The van der Waals surface area contributed by atoms with E-state index in [1.165, 1.54) is 38.4 Å². The van der Waals surface area contributed by atoms with Gasteiger partial charge in [0.1, 0.15) is 5.75 Å². The van der Waals surface area contributed by atoms with Crippen molar-refractivity contribution in [2.24, 2.45) is 0 Å². The number of ether oxygens (including phenoxy) is 2. The molecule has 144 valence electrons. The van der Waals surface area contributed by atoms with Crippen molar-refractivity contribution in [2.45, 2.75) is 4.90 Å². The van der Waals surface area contributed by atoms with E-state index in [9.17, 15) is 18.0 Å². The topological polar surface area (TPSA) is 111 Å². The van der Waals surface area contributed by atoms with Gasteiger partial charge in [-0.1, -0.05) is 17.7 Å². The first-order valence-corrected chi connectivity index (χ1v) is 9.47. The fourth-order valence-corrected chi connectivity index (χ4v) is 3.03. The number of hydrogen-bond donors (Lipinski definition) is 2. The number of rotatable bonds is 7. The molecule has 0 saturated carbocycles. The third-order valence-electron chi connectivity index (χ3n) is 3.42. The Bertz CT molecular complexity index is 962. The normalized spacial score (nSPS) is 10.9. The maximum absolute atomic E-state index is 12.1. The van der Waals surface area contributed by atoms with Crippen LogP contribution in [0.2, 0.25) is 5.02 Å². The molecule has 0 aliphatic rings. The van der Waals surface area contributed by atoms with E-state index < -0.39 is 28.5 Å². The Hall–Kier alpha value is -2.62. The molecule has 0 atom stereocenters. The lowest BCUT2D eigenvalue weighted by Gasteiger charge is -2.11. The Morgan fingerprint density at radius 2 is 1.89 bits per heavy atom. The molecular weight excluding hydrogens is 396 g/mol. The molecule has 0 unspecified atom stereocenters. The number of carbonyl (C=O) groups is 2. The van der Waals surface area contributed by atoms with Crippen molar-refractivity contribution in [1.82, 2.24) is 4.72 Å². The third-order valence-corrected chi connectivity index (χ3v) is 5.07. The van der Waals surface area contributed by atoms with Crippen LogP contribution in [-0.4, -0.2) is 41.1 Å². The predicted molar refractivity (Wildman–Crippen MR) is 99.6 cm³/mol. The number of halogens is 1. The highest BCUT2D eigenvalue weighted by molar-refractivity contribution is 7.89. The van der Waals surface area contributed by atoms with Crippen LogP contribution in [0.15, 0.2) is 47.4 Å². The fourth-order valence-electron chi connectivity index (χ4n) is 2.09. The van der Waals surface area contributed by atoms with Crippen molar-refractivity contribution in [3.8, 4) is 5.75 Å². The first kappa shape index (κ1) is 20.7. The van der Waals surface area contributed by atoms with Gasteiger partial charge in [-0.05, 0) is 43.4 Å². The van der Waals surface area contributed by atoms with Crippen LogP contribution in [-0.2, 0) is 19.6 Å². The zero-order chi connectivity index (χ0) is 20.0. The number of methoxy groups -OCH3 is 1. The number of anilines is 1. The molecule has 8 nitrogen and oxygen atoms in total. The largest absolute Gasteiger partial charge is 0.495 e. The van der Waals surface area contributed by atoms with Gasteiger partial charge < -0.3 is 14.8 Å². The van der Waals surface area contributed by atoms with Gasteiger partial charge in [0.25, 0.3) is 5.91 Å². The lowest BCUT2D eigenvalue weighted by Crippen LogP contribution is -2.22. The molecule has 2 rings (SSSR count). The Balaban J connectivity index is 2.03. The smallest absolute Gasteiger partial charge is 0.338 e. The van der Waals surface area contributed by atoms with Gasteiger partial charge >= 0.3 is 5.97 Å². The van der Waals surface area contributed by atoms with Crippen molar-refractivity contribution >= 4 is 39.2 Å². The van der Waals surface area contributed by atoms with E-state index in [-0.39, 0.29) is 10.5 Å². The quantitative estimate of drug-likeness (QED) is 0.673. The fraction of sp³-hybridized carbons (Fsp3) is 0.176. The Morgan fingerprint density at radius 3 is 2.56 bits per heavy atom. The van der Waals surface area contributed by atoms with E-state index in [0.717, 1.165) is 6.07 Å². The first-order chi connectivity index (χ1) is 12.8. The number of sulfonamides is 1. The minimum Gasteiger partial charge on any atom is -0.495 e. The molecule has 0 aliphatic heterocycles. The summed E-state index contributed by atoms with van der Waals surface area (Å²) < 4.78 is 35.8. The highest BCUT2D eigenvalue weighted by atomic mass is 35.5. The Kier molecular flexibility index (Phi) is 6.78. The van der Waals surface area contributed by atoms with Crippen LogP contribution in [0, 0.1) is 0 Å². The molecule has 0 aromatic heterocycles. The van der Waals surface area contributed by atoms with E-state index in [1.807, 2.05) is 0 Å². The van der Waals surface area contributed by atoms with Gasteiger partial charge in [0.2, 0.25) is 10.0 Å². The summed E-state index contributed by atoms with van der Waals surface area (Å²) in [6.45, 7) is -0.572. The van der Waals surface area contributed by atoms with E-state index in [2.05, 4.69) is 10.0 Å². The van der Waals surface area contributed by atoms with Crippen molar-refractivity contribution in [3.63, 3.8) is 0 Å². The first-order valence-electron chi connectivity index (χ1n) is 7.61. The lowest BCUT2D eigenvalue weighted by molar-refractivity contribution is -0.119. The molecule has 1 amide bonds. The molecule has 0 saturated heterocycles. The molecule has 0 radical (unpaired) electrons. The van der Waals surface area contributed by atoms with Crippen molar-refractivity contribution in [3.05, 3.63) is 53.1 Å². The summed E-state index contributed by atoms with van der Waals surface area (Å²) in [5, 5.41) is 2.92. The Morgan fingerprint density at radius 1 is 1.15 bits per heavy atom. The maximum Gasteiger partial charge on any atom is 0.338 e. The highest BCUT2D eigenvalue weighted by Gasteiger charge is 2.16. The predicted octanol–water partition coefficient (Wildman–Crippen LogP) is 2.05. The second-order valence-electron chi connectivity index (χ2n) is 5.20. The van der Waals surface area contributed by atoms with Gasteiger partial charge in [-0.2, -0.15) is 0 Å². The number of esters is 1. The minimum atomic E-state index is -3.70. The van der Waals surface area contributed by atoms with Crippen LogP contribution in [0.3, 0.4) is 0 Å². The Labute approximate surface area is 161 Å². The van der Waals surface area contributed by atoms with Crippen LogP contribution in [0.25, 0.3) is 0 Å². The molecule has 10 heteroatoms. The average Bonchev–Trinajstić information content (AvgIpc) is 2.66. The summed E-state index contributed by atoms with van der Waals surface area (Å²) in [5.41, 5.74) is 0.327. The summed E-state index contributed by atoms with van der Waals surface area (Å²) in [7, 11) is -1.01. The zero-order valence-electron chi connectivity index (χ0n) is 14.5. The van der Waals surface area contributed by atoms with E-state index in [4.69, 9.17) is 21.1 Å². The summed E-state index contributed by atoms with van der Waals surface area (Å²) in [6, 6.07) is 9.95. The maximum atomic E-state index is 12.1. The number of amides is 1. The minimum absolute atomic E-state index is 0.000499. The van der Waals surface area contributed by atoms with E-state index in [0.29, 0.717) is 16.5 Å². The monoisotopic (exact) mass is 412 g/mol. The van der Waals surface area contributed by atoms with Gasteiger partial charge in [0.05, 0.1) is 23.3 Å². The summed E-state index contributed by atoms with van der Waals surface area (Å²) in [4.78, 5) is 24.0. The number of hydrogen-bond acceptors (Lipinski definition) is 6. The molecule has 0 spiro atoms. The van der Waals surface area contributed by atoms with Crippen LogP contribution >= 0.6 is 11.6 Å². The molecule has 2 aromatic carbocycles. The molecule has 2 N–H and O–H groups in total. The van der Waals surface area contributed by atoms with Crippen molar-refractivity contribution < 1.29 is 27.5 Å². The van der Waals surface area contributed by atoms with Crippen molar-refractivity contribution in [2.75, 3.05) is 26.1 Å². The standard InChI is InChI=1S/C17H17ClN2O6S/c1-19-27(23,24)13-5-3-4-11(8-13)17(22)26-10-16(21)20-14-9-12(18)6-7-15(14)25-2/h3-9,19H,10H2,1-2H3,(H,20,21). The number of nitrogens with one attached hydrogen (secondary N) is 2. The lowest BCUT2D eigenvalue weighted by atomic mass is 10.2. The van der Waals surface area contributed by atoms with Gasteiger partial charge in [0.15, 0.2) is 6.61 Å². The molecule has 27 heavy (non-hydrogen) atoms. The number of benzene rings is 2. The van der Waals surface area contributed by atoms with E-state index >= 15 is 0 Å². The zero-order valence-corrected chi connectivity index (χ0v) is 16.1. The van der Waals surface area contributed by atoms with Gasteiger partial charge in [-0.25, -0.2) is 17.9 Å². The van der Waals surface area contributed by atoms with Crippen LogP contribution in [0.1, 0.15) is 10.4 Å². The molecule has 2 aromatic rings. The third kappa shape index (κ3) is 5.43. The molecule has 0 fully saturated rings. The van der Waals surface area contributed by atoms with Gasteiger partial charge in [0, 0.05) is 5.02 Å². The SMILES string of the molecule is CNS(=O)(=O)c1cccc(C(=O)OCC(=O)Nc2cc(Cl)ccc2OC)c1. The highest BCUT2D eigenvalue weighted by Crippen LogP contribution is 2.27. The van der Waals surface area contributed by atoms with E-state index in [1.54, 1.807) is 12.1 Å². The van der Waals surface area contributed by atoms with Crippen molar-refractivity contribution in [1.29, 1.82) is 0 Å². The van der Waals surface area contributed by atoms with Crippen LogP contribution in [0.4, 0.5) is 5.69 Å². The molecule has 0 heterocycles.